The predicted octanol–water partition coefficient (Wildman–Crippen LogP) is 4.13. The molecule has 1 unspecified atom stereocenters. The molecule has 4 rings (SSSR count). The Bertz CT molecular complexity index is 841. The van der Waals surface area contributed by atoms with Crippen LogP contribution in [0.4, 0.5) is 10.1 Å². The Morgan fingerprint density at radius 3 is 2.68 bits per heavy atom. The highest BCUT2D eigenvalue weighted by molar-refractivity contribution is 5.85. The van der Waals surface area contributed by atoms with Gasteiger partial charge in [0.2, 0.25) is 5.75 Å². The second kappa shape index (κ2) is 8.43. The zero-order valence-corrected chi connectivity index (χ0v) is 16.2. The average molecular weight is 408 g/mol. The van der Waals surface area contributed by atoms with Crippen LogP contribution in [-0.4, -0.2) is 36.0 Å². The van der Waals surface area contributed by atoms with E-state index in [-0.39, 0.29) is 29.7 Å². The number of nitro benzene ring substituents is 1. The zero-order chi connectivity index (χ0) is 18.9. The van der Waals surface area contributed by atoms with Crippen molar-refractivity contribution in [2.45, 2.75) is 19.4 Å². The normalized spacial score (nSPS) is 21.6. The van der Waals surface area contributed by atoms with Gasteiger partial charge in [-0.15, -0.1) is 12.4 Å². The molecule has 0 radical (unpaired) electrons. The van der Waals surface area contributed by atoms with Crippen molar-refractivity contribution in [1.29, 1.82) is 0 Å². The molecule has 2 saturated heterocycles. The average Bonchev–Trinajstić information content (AvgIpc) is 3.28. The predicted molar refractivity (Wildman–Crippen MR) is 107 cm³/mol. The number of nitrogens with one attached hydrogen (secondary N) is 1. The van der Waals surface area contributed by atoms with Crippen LogP contribution in [0.3, 0.4) is 0 Å². The molecule has 0 aromatic heterocycles. The summed E-state index contributed by atoms with van der Waals surface area (Å²) < 4.78 is 18.6. The third-order valence-corrected chi connectivity index (χ3v) is 5.52. The molecule has 8 heteroatoms. The fourth-order valence-electron chi connectivity index (χ4n) is 4.08. The van der Waals surface area contributed by atoms with Crippen LogP contribution < -0.4 is 10.1 Å². The first-order valence-electron chi connectivity index (χ1n) is 9.17. The van der Waals surface area contributed by atoms with Crippen molar-refractivity contribution in [3.05, 3.63) is 64.0 Å². The summed E-state index contributed by atoms with van der Waals surface area (Å²) in [6.07, 6.45) is 2.38. The van der Waals surface area contributed by atoms with Gasteiger partial charge in [-0.05, 0) is 67.2 Å². The van der Waals surface area contributed by atoms with Gasteiger partial charge in [-0.25, -0.2) is 4.39 Å². The minimum Gasteiger partial charge on any atom is -0.450 e. The molecule has 0 aliphatic carbocycles. The lowest BCUT2D eigenvalue weighted by molar-refractivity contribution is -0.385. The van der Waals surface area contributed by atoms with Crippen molar-refractivity contribution >= 4 is 18.1 Å². The largest absolute Gasteiger partial charge is 0.450 e. The highest BCUT2D eigenvalue weighted by Crippen LogP contribution is 2.37. The van der Waals surface area contributed by atoms with E-state index in [9.17, 15) is 14.5 Å². The number of hydrogen-bond acceptors (Lipinski definition) is 5. The molecule has 1 N–H and O–H groups in total. The zero-order valence-electron chi connectivity index (χ0n) is 15.4. The number of halogens is 2. The Balaban J connectivity index is 0.00000225. The van der Waals surface area contributed by atoms with Crippen LogP contribution in [0.25, 0.3) is 0 Å². The minimum absolute atomic E-state index is 0. The topological polar surface area (TPSA) is 67.6 Å². The van der Waals surface area contributed by atoms with E-state index in [1.165, 1.54) is 37.1 Å². The van der Waals surface area contributed by atoms with Crippen LogP contribution in [0.5, 0.6) is 11.5 Å². The third kappa shape index (κ3) is 4.43. The van der Waals surface area contributed by atoms with E-state index < -0.39 is 4.92 Å². The van der Waals surface area contributed by atoms with E-state index >= 15 is 0 Å². The van der Waals surface area contributed by atoms with Gasteiger partial charge in [0, 0.05) is 25.7 Å². The second-order valence-corrected chi connectivity index (χ2v) is 7.50. The summed E-state index contributed by atoms with van der Waals surface area (Å²) in [7, 11) is 0. The summed E-state index contributed by atoms with van der Waals surface area (Å²) in [6.45, 7) is 4.88. The Morgan fingerprint density at radius 1 is 1.21 bits per heavy atom. The maximum Gasteiger partial charge on any atom is 0.311 e. The summed E-state index contributed by atoms with van der Waals surface area (Å²) in [4.78, 5) is 13.4. The van der Waals surface area contributed by atoms with E-state index in [1.807, 2.05) is 6.07 Å². The minimum atomic E-state index is -0.436. The first-order valence-corrected chi connectivity index (χ1v) is 9.17. The van der Waals surface area contributed by atoms with Crippen LogP contribution in [0.2, 0.25) is 0 Å². The lowest BCUT2D eigenvalue weighted by atomic mass is 9.86. The Hall–Kier alpha value is -2.22. The molecule has 150 valence electrons. The van der Waals surface area contributed by atoms with E-state index in [1.54, 1.807) is 12.1 Å². The van der Waals surface area contributed by atoms with Crippen molar-refractivity contribution in [3.8, 4) is 11.5 Å². The molecule has 2 aromatic rings. The first kappa shape index (κ1) is 20.5. The quantitative estimate of drug-likeness (QED) is 0.596. The van der Waals surface area contributed by atoms with E-state index in [2.05, 4.69) is 10.2 Å². The van der Waals surface area contributed by atoms with Gasteiger partial charge in [-0.3, -0.25) is 15.0 Å². The Labute approximate surface area is 169 Å². The molecule has 2 aliphatic rings. The number of ether oxygens (including phenoxy) is 1. The van der Waals surface area contributed by atoms with Crippen LogP contribution in [0.1, 0.15) is 18.4 Å². The summed E-state index contributed by atoms with van der Waals surface area (Å²) >= 11 is 0. The molecule has 2 fully saturated rings. The molecule has 28 heavy (non-hydrogen) atoms. The van der Waals surface area contributed by atoms with Gasteiger partial charge in [-0.2, -0.15) is 0 Å². The van der Waals surface area contributed by atoms with Gasteiger partial charge in [-0.1, -0.05) is 6.07 Å². The fraction of sp³-hybridized carbons (Fsp3) is 0.400. The summed E-state index contributed by atoms with van der Waals surface area (Å²) in [5.41, 5.74) is 1.20. The summed E-state index contributed by atoms with van der Waals surface area (Å²) in [5, 5.41) is 14.9. The van der Waals surface area contributed by atoms with Crippen LogP contribution >= 0.6 is 12.4 Å². The SMILES string of the molecule is Cl.O=[N+]([O-])c1cc(CN2CCC3(CCNC3)C2)ccc1Oc1ccc(F)cc1. The van der Waals surface area contributed by atoms with Crippen LogP contribution in [0.15, 0.2) is 42.5 Å². The number of nitrogens with zero attached hydrogens (tertiary/aromatic N) is 2. The number of benzene rings is 2. The summed E-state index contributed by atoms with van der Waals surface area (Å²) in [6, 6.07) is 10.5. The molecule has 2 aliphatic heterocycles. The van der Waals surface area contributed by atoms with Gasteiger partial charge in [0.1, 0.15) is 11.6 Å². The molecular formula is C20H23ClFN3O3. The van der Waals surface area contributed by atoms with E-state index in [0.29, 0.717) is 17.7 Å². The maximum atomic E-state index is 13.0. The molecule has 0 bridgehead atoms. The highest BCUT2D eigenvalue weighted by Gasteiger charge is 2.40. The van der Waals surface area contributed by atoms with Gasteiger partial charge in [0.05, 0.1) is 4.92 Å². The van der Waals surface area contributed by atoms with E-state index in [0.717, 1.165) is 31.7 Å². The molecule has 0 amide bonds. The second-order valence-electron chi connectivity index (χ2n) is 7.50. The fourth-order valence-corrected chi connectivity index (χ4v) is 4.08. The van der Waals surface area contributed by atoms with Gasteiger partial charge < -0.3 is 10.1 Å². The van der Waals surface area contributed by atoms with Crippen molar-refractivity contribution in [2.24, 2.45) is 5.41 Å². The lowest BCUT2D eigenvalue weighted by Crippen LogP contribution is -2.28. The maximum absolute atomic E-state index is 13.0. The first-order chi connectivity index (χ1) is 13.0. The number of rotatable bonds is 5. The van der Waals surface area contributed by atoms with Gasteiger partial charge in [0.25, 0.3) is 0 Å². The smallest absolute Gasteiger partial charge is 0.311 e. The van der Waals surface area contributed by atoms with Gasteiger partial charge >= 0.3 is 5.69 Å². The summed E-state index contributed by atoms with van der Waals surface area (Å²) in [5.74, 6) is 0.142. The molecule has 6 nitrogen and oxygen atoms in total. The van der Waals surface area contributed by atoms with E-state index in [4.69, 9.17) is 4.74 Å². The standard InChI is InChI=1S/C20H22FN3O3.ClH/c21-16-2-4-17(5-3-16)27-19-6-1-15(11-18(19)24(25)26)12-23-10-8-20(14-23)7-9-22-13-20;/h1-6,11,22H,7-10,12-14H2;1H. The molecule has 0 saturated carbocycles. The van der Waals surface area contributed by atoms with Crippen molar-refractivity contribution < 1.29 is 14.1 Å². The van der Waals surface area contributed by atoms with Crippen LogP contribution in [-0.2, 0) is 6.54 Å². The van der Waals surface area contributed by atoms with Crippen molar-refractivity contribution in [2.75, 3.05) is 26.2 Å². The van der Waals surface area contributed by atoms with Crippen LogP contribution in [0, 0.1) is 21.3 Å². The molecule has 1 spiro atoms. The lowest BCUT2D eigenvalue weighted by Gasteiger charge is -2.22. The molecule has 2 aromatic carbocycles. The number of hydrogen-bond donors (Lipinski definition) is 1. The Morgan fingerprint density at radius 2 is 2.00 bits per heavy atom. The Kier molecular flexibility index (Phi) is 6.17. The number of nitro groups is 1. The molecule has 1 atom stereocenters. The third-order valence-electron chi connectivity index (χ3n) is 5.52. The van der Waals surface area contributed by atoms with Crippen molar-refractivity contribution in [1.82, 2.24) is 10.2 Å². The monoisotopic (exact) mass is 407 g/mol. The highest BCUT2D eigenvalue weighted by atomic mass is 35.5. The molecule has 2 heterocycles. The number of likely N-dealkylation sites (tertiary alicyclic amines) is 1. The molecular weight excluding hydrogens is 385 g/mol. The van der Waals surface area contributed by atoms with Gasteiger partial charge in [0.15, 0.2) is 0 Å². The van der Waals surface area contributed by atoms with Crippen molar-refractivity contribution in [3.63, 3.8) is 0 Å².